The predicted molar refractivity (Wildman–Crippen MR) is 113 cm³/mol. The maximum Gasteiger partial charge on any atom is 0.258 e. The van der Waals surface area contributed by atoms with Gasteiger partial charge in [-0.3, -0.25) is 4.79 Å². The van der Waals surface area contributed by atoms with Gasteiger partial charge in [-0.1, -0.05) is 19.9 Å². The fourth-order valence-corrected chi connectivity index (χ4v) is 2.64. The van der Waals surface area contributed by atoms with Crippen molar-refractivity contribution in [1.29, 1.82) is 0 Å². The van der Waals surface area contributed by atoms with Crippen LogP contribution in [0.2, 0.25) is 0 Å². The molecule has 1 atom stereocenters. The predicted octanol–water partition coefficient (Wildman–Crippen LogP) is 4.53. The maximum absolute atomic E-state index is 12.3. The van der Waals surface area contributed by atoms with Gasteiger partial charge in [0.2, 0.25) is 0 Å². The number of amides is 1. The molecule has 0 aromatic heterocycles. The molecule has 2 rings (SSSR count). The molecule has 2 aromatic carbocycles. The largest absolute Gasteiger partial charge is 0.497 e. The zero-order valence-corrected chi connectivity index (χ0v) is 17.7. The second kappa shape index (κ2) is 11.8. The molecule has 0 radical (unpaired) electrons. The standard InChI is InChI=1S/C23H31NO5/c1-5-13-27-21-12-7-18(15-22(21)28-14-6-2)17(3)24-23(25)16-29-20-10-8-19(26-4)9-11-20/h7-12,15,17H,5-6,13-14,16H2,1-4H3,(H,24,25). The highest BCUT2D eigenvalue weighted by Gasteiger charge is 2.14. The summed E-state index contributed by atoms with van der Waals surface area (Å²) in [7, 11) is 1.60. The van der Waals surface area contributed by atoms with Crippen molar-refractivity contribution in [3.8, 4) is 23.0 Å². The lowest BCUT2D eigenvalue weighted by atomic mass is 10.1. The van der Waals surface area contributed by atoms with Crippen molar-refractivity contribution in [3.63, 3.8) is 0 Å². The van der Waals surface area contributed by atoms with Crippen LogP contribution in [0.3, 0.4) is 0 Å². The van der Waals surface area contributed by atoms with Gasteiger partial charge >= 0.3 is 0 Å². The van der Waals surface area contributed by atoms with E-state index >= 15 is 0 Å². The fourth-order valence-electron chi connectivity index (χ4n) is 2.64. The van der Waals surface area contributed by atoms with Gasteiger partial charge in [0.15, 0.2) is 18.1 Å². The molecule has 0 saturated heterocycles. The average molecular weight is 402 g/mol. The van der Waals surface area contributed by atoms with E-state index in [-0.39, 0.29) is 18.6 Å². The SMILES string of the molecule is CCCOc1ccc(C(C)NC(=O)COc2ccc(OC)cc2)cc1OCCC. The van der Waals surface area contributed by atoms with Gasteiger partial charge in [-0.05, 0) is 61.7 Å². The molecule has 0 bridgehead atoms. The van der Waals surface area contributed by atoms with Crippen molar-refractivity contribution in [3.05, 3.63) is 48.0 Å². The number of nitrogens with one attached hydrogen (secondary N) is 1. The Bertz CT molecular complexity index is 760. The summed E-state index contributed by atoms with van der Waals surface area (Å²) in [6, 6.07) is 12.7. The molecule has 1 N–H and O–H groups in total. The molecule has 0 spiro atoms. The van der Waals surface area contributed by atoms with Crippen LogP contribution in [0.25, 0.3) is 0 Å². The first-order valence-electron chi connectivity index (χ1n) is 10.0. The van der Waals surface area contributed by atoms with Crippen LogP contribution in [0, 0.1) is 0 Å². The van der Waals surface area contributed by atoms with E-state index in [0.717, 1.165) is 29.9 Å². The van der Waals surface area contributed by atoms with Gasteiger partial charge < -0.3 is 24.3 Å². The molecule has 0 aliphatic heterocycles. The summed E-state index contributed by atoms with van der Waals surface area (Å²) in [5.74, 6) is 2.58. The van der Waals surface area contributed by atoms with Crippen LogP contribution in [0.5, 0.6) is 23.0 Å². The molecule has 0 aliphatic carbocycles. The molecular weight excluding hydrogens is 370 g/mol. The lowest BCUT2D eigenvalue weighted by Crippen LogP contribution is -2.31. The molecule has 0 aliphatic rings. The normalized spacial score (nSPS) is 11.4. The summed E-state index contributed by atoms with van der Waals surface area (Å²) >= 11 is 0. The minimum Gasteiger partial charge on any atom is -0.497 e. The Balaban J connectivity index is 1.95. The number of benzene rings is 2. The van der Waals surface area contributed by atoms with E-state index in [1.807, 2.05) is 25.1 Å². The smallest absolute Gasteiger partial charge is 0.258 e. The van der Waals surface area contributed by atoms with Crippen molar-refractivity contribution in [2.45, 2.75) is 39.7 Å². The molecule has 6 heteroatoms. The highest BCUT2D eigenvalue weighted by Crippen LogP contribution is 2.31. The van der Waals surface area contributed by atoms with Crippen LogP contribution in [-0.4, -0.2) is 32.8 Å². The second-order valence-corrected chi connectivity index (χ2v) is 6.66. The number of carbonyl (C=O) groups excluding carboxylic acids is 1. The van der Waals surface area contributed by atoms with Crippen molar-refractivity contribution < 1.29 is 23.7 Å². The van der Waals surface area contributed by atoms with E-state index in [4.69, 9.17) is 18.9 Å². The Morgan fingerprint density at radius 1 is 0.897 bits per heavy atom. The van der Waals surface area contributed by atoms with Crippen LogP contribution in [0.4, 0.5) is 0 Å². The second-order valence-electron chi connectivity index (χ2n) is 6.66. The van der Waals surface area contributed by atoms with Gasteiger partial charge in [0.05, 0.1) is 26.4 Å². The molecule has 0 fully saturated rings. The third-order valence-corrected chi connectivity index (χ3v) is 4.20. The van der Waals surface area contributed by atoms with Crippen LogP contribution < -0.4 is 24.3 Å². The first-order chi connectivity index (χ1) is 14.1. The molecule has 1 unspecified atom stereocenters. The Hall–Kier alpha value is -2.89. The summed E-state index contributed by atoms with van der Waals surface area (Å²) < 4.78 is 22.2. The minimum atomic E-state index is -0.198. The van der Waals surface area contributed by atoms with Crippen molar-refractivity contribution in [2.75, 3.05) is 26.9 Å². The van der Waals surface area contributed by atoms with Gasteiger partial charge in [-0.25, -0.2) is 0 Å². The quantitative estimate of drug-likeness (QED) is 0.566. The van der Waals surface area contributed by atoms with Crippen LogP contribution in [0.1, 0.15) is 45.2 Å². The maximum atomic E-state index is 12.3. The number of methoxy groups -OCH3 is 1. The molecule has 6 nitrogen and oxygen atoms in total. The van der Waals surface area contributed by atoms with Crippen LogP contribution in [0.15, 0.2) is 42.5 Å². The number of hydrogen-bond acceptors (Lipinski definition) is 5. The van der Waals surface area contributed by atoms with E-state index in [2.05, 4.69) is 19.2 Å². The van der Waals surface area contributed by atoms with E-state index in [1.54, 1.807) is 31.4 Å². The molecular formula is C23H31NO5. The van der Waals surface area contributed by atoms with Crippen molar-refractivity contribution in [1.82, 2.24) is 5.32 Å². The number of hydrogen-bond donors (Lipinski definition) is 1. The zero-order valence-electron chi connectivity index (χ0n) is 17.7. The molecule has 2 aromatic rings. The van der Waals surface area contributed by atoms with Crippen LogP contribution >= 0.6 is 0 Å². The lowest BCUT2D eigenvalue weighted by Gasteiger charge is -2.18. The Labute approximate surface area is 173 Å². The average Bonchev–Trinajstić information content (AvgIpc) is 2.75. The summed E-state index contributed by atoms with van der Waals surface area (Å²) in [6.45, 7) is 7.23. The highest BCUT2D eigenvalue weighted by atomic mass is 16.5. The van der Waals surface area contributed by atoms with Gasteiger partial charge in [0.1, 0.15) is 11.5 Å². The Morgan fingerprint density at radius 2 is 1.52 bits per heavy atom. The molecule has 1 amide bonds. The minimum absolute atomic E-state index is 0.0619. The fraction of sp³-hybridized carbons (Fsp3) is 0.435. The summed E-state index contributed by atoms with van der Waals surface area (Å²) in [5, 5.41) is 2.95. The van der Waals surface area contributed by atoms with E-state index in [9.17, 15) is 4.79 Å². The van der Waals surface area contributed by atoms with Gasteiger partial charge in [-0.2, -0.15) is 0 Å². The first kappa shape index (κ1) is 22.4. The van der Waals surface area contributed by atoms with Crippen molar-refractivity contribution in [2.24, 2.45) is 0 Å². The molecule has 0 saturated carbocycles. The van der Waals surface area contributed by atoms with Gasteiger partial charge in [0, 0.05) is 0 Å². The summed E-state index contributed by atoms with van der Waals surface area (Å²) in [4.78, 5) is 12.3. The molecule has 158 valence electrons. The van der Waals surface area contributed by atoms with Crippen LogP contribution in [-0.2, 0) is 4.79 Å². The number of rotatable bonds is 12. The highest BCUT2D eigenvalue weighted by molar-refractivity contribution is 5.78. The third-order valence-electron chi connectivity index (χ3n) is 4.20. The monoisotopic (exact) mass is 401 g/mol. The third kappa shape index (κ3) is 7.22. The number of carbonyl (C=O) groups is 1. The van der Waals surface area contributed by atoms with E-state index < -0.39 is 0 Å². The van der Waals surface area contributed by atoms with E-state index in [0.29, 0.717) is 24.7 Å². The topological polar surface area (TPSA) is 66.0 Å². The summed E-state index contributed by atoms with van der Waals surface area (Å²) in [5.41, 5.74) is 0.942. The zero-order chi connectivity index (χ0) is 21.1. The van der Waals surface area contributed by atoms with E-state index in [1.165, 1.54) is 0 Å². The lowest BCUT2D eigenvalue weighted by molar-refractivity contribution is -0.123. The first-order valence-corrected chi connectivity index (χ1v) is 10.0. The summed E-state index contributed by atoms with van der Waals surface area (Å²) in [6.07, 6.45) is 1.84. The van der Waals surface area contributed by atoms with Gasteiger partial charge in [0.25, 0.3) is 5.91 Å². The Morgan fingerprint density at radius 3 is 2.14 bits per heavy atom. The van der Waals surface area contributed by atoms with Crippen molar-refractivity contribution >= 4 is 5.91 Å². The van der Waals surface area contributed by atoms with Gasteiger partial charge in [-0.15, -0.1) is 0 Å². The molecule has 0 heterocycles. The Kier molecular flexibility index (Phi) is 9.15. The molecule has 29 heavy (non-hydrogen) atoms. The number of ether oxygens (including phenoxy) is 4.